The zero-order valence-corrected chi connectivity index (χ0v) is 12.8. The molecule has 1 saturated heterocycles. The number of methoxy groups -OCH3 is 1. The van der Waals surface area contributed by atoms with E-state index >= 15 is 0 Å². The number of amides is 1. The zero-order valence-electron chi connectivity index (χ0n) is 12.8. The van der Waals surface area contributed by atoms with Crippen LogP contribution in [0.4, 0.5) is 4.39 Å². The Morgan fingerprint density at radius 3 is 2.65 bits per heavy atom. The van der Waals surface area contributed by atoms with Crippen LogP contribution in [0.5, 0.6) is 5.75 Å². The summed E-state index contributed by atoms with van der Waals surface area (Å²) >= 11 is 0. The summed E-state index contributed by atoms with van der Waals surface area (Å²) in [4.78, 5) is 14.3. The molecule has 4 nitrogen and oxygen atoms in total. The highest BCUT2D eigenvalue weighted by Crippen LogP contribution is 2.33. The molecule has 1 fully saturated rings. The normalized spacial score (nSPS) is 20.6. The lowest BCUT2D eigenvalue weighted by molar-refractivity contribution is 0.0715. The lowest BCUT2D eigenvalue weighted by Gasteiger charge is -2.25. The van der Waals surface area contributed by atoms with Crippen molar-refractivity contribution in [1.82, 2.24) is 4.90 Å². The molecule has 0 unspecified atom stereocenters. The van der Waals surface area contributed by atoms with E-state index in [2.05, 4.69) is 0 Å². The maximum absolute atomic E-state index is 13.5. The fraction of sp³-hybridized carbons (Fsp3) is 0.278. The van der Waals surface area contributed by atoms with Crippen molar-refractivity contribution in [3.05, 3.63) is 65.5 Å². The van der Waals surface area contributed by atoms with Crippen LogP contribution in [0.15, 0.2) is 48.5 Å². The van der Waals surface area contributed by atoms with Crippen LogP contribution in [0.1, 0.15) is 28.4 Å². The van der Waals surface area contributed by atoms with E-state index in [1.165, 1.54) is 12.1 Å². The Balaban J connectivity index is 1.87. The van der Waals surface area contributed by atoms with Crippen molar-refractivity contribution < 1.29 is 19.0 Å². The SMILES string of the molecule is COc1ccc(C(=O)N2C[C@@H](O)C[C@H]2c2cccc(F)c2)cc1. The second kappa shape index (κ2) is 6.38. The highest BCUT2D eigenvalue weighted by molar-refractivity contribution is 5.94. The number of ether oxygens (including phenoxy) is 1. The van der Waals surface area contributed by atoms with Crippen LogP contribution in [0.25, 0.3) is 0 Å². The largest absolute Gasteiger partial charge is 0.497 e. The number of likely N-dealkylation sites (tertiary alicyclic amines) is 1. The first kappa shape index (κ1) is 15.5. The molecule has 0 radical (unpaired) electrons. The smallest absolute Gasteiger partial charge is 0.254 e. The molecule has 2 aromatic carbocycles. The predicted molar refractivity (Wildman–Crippen MR) is 83.8 cm³/mol. The van der Waals surface area contributed by atoms with Crippen LogP contribution in [-0.2, 0) is 0 Å². The van der Waals surface area contributed by atoms with Gasteiger partial charge in [-0.15, -0.1) is 0 Å². The minimum Gasteiger partial charge on any atom is -0.497 e. The highest BCUT2D eigenvalue weighted by atomic mass is 19.1. The Bertz CT molecular complexity index is 702. The van der Waals surface area contributed by atoms with Gasteiger partial charge in [-0.2, -0.15) is 0 Å². The molecule has 2 aromatic rings. The van der Waals surface area contributed by atoms with Crippen LogP contribution >= 0.6 is 0 Å². The average molecular weight is 315 g/mol. The van der Waals surface area contributed by atoms with Gasteiger partial charge in [-0.1, -0.05) is 12.1 Å². The Kier molecular flexibility index (Phi) is 4.30. The van der Waals surface area contributed by atoms with Gasteiger partial charge in [0.25, 0.3) is 5.91 Å². The summed E-state index contributed by atoms with van der Waals surface area (Å²) in [6, 6.07) is 12.7. The van der Waals surface area contributed by atoms with Crippen molar-refractivity contribution in [2.45, 2.75) is 18.6 Å². The minimum atomic E-state index is -0.606. The molecule has 0 aromatic heterocycles. The fourth-order valence-corrected chi connectivity index (χ4v) is 2.97. The lowest BCUT2D eigenvalue weighted by Crippen LogP contribution is -2.31. The minimum absolute atomic E-state index is 0.182. The van der Waals surface area contributed by atoms with Crippen LogP contribution in [0, 0.1) is 5.82 Å². The molecule has 1 aliphatic heterocycles. The van der Waals surface area contributed by atoms with Gasteiger partial charge in [-0.25, -0.2) is 4.39 Å². The standard InChI is InChI=1S/C18H18FNO3/c1-23-16-7-5-12(6-8-16)18(22)20-11-15(21)10-17(20)13-3-2-4-14(19)9-13/h2-9,15,17,21H,10-11H2,1H3/t15-,17-/m0/s1. The van der Waals surface area contributed by atoms with Crippen molar-refractivity contribution in [2.75, 3.05) is 13.7 Å². The van der Waals surface area contributed by atoms with E-state index in [0.29, 0.717) is 23.3 Å². The van der Waals surface area contributed by atoms with Crippen molar-refractivity contribution in [2.24, 2.45) is 0 Å². The highest BCUT2D eigenvalue weighted by Gasteiger charge is 2.35. The van der Waals surface area contributed by atoms with E-state index in [1.807, 2.05) is 0 Å². The number of benzene rings is 2. The second-order valence-corrected chi connectivity index (χ2v) is 5.65. The third-order valence-corrected chi connectivity index (χ3v) is 4.11. The molecular formula is C18H18FNO3. The van der Waals surface area contributed by atoms with Crippen LogP contribution in [0.2, 0.25) is 0 Å². The summed E-state index contributed by atoms with van der Waals surface area (Å²) in [5, 5.41) is 9.97. The molecule has 1 N–H and O–H groups in total. The Labute approximate surface area is 134 Å². The van der Waals surface area contributed by atoms with Crippen molar-refractivity contribution in [3.8, 4) is 5.75 Å². The molecule has 23 heavy (non-hydrogen) atoms. The molecule has 2 atom stereocenters. The van der Waals surface area contributed by atoms with E-state index in [4.69, 9.17) is 4.74 Å². The van der Waals surface area contributed by atoms with Gasteiger partial charge in [0.15, 0.2) is 0 Å². The van der Waals surface area contributed by atoms with Crippen molar-refractivity contribution in [1.29, 1.82) is 0 Å². The predicted octanol–water partition coefficient (Wildman–Crippen LogP) is 2.78. The van der Waals surface area contributed by atoms with E-state index in [9.17, 15) is 14.3 Å². The van der Waals surface area contributed by atoms with Crippen LogP contribution in [-0.4, -0.2) is 35.7 Å². The molecule has 0 saturated carbocycles. The van der Waals surface area contributed by atoms with Crippen molar-refractivity contribution >= 4 is 5.91 Å². The monoisotopic (exact) mass is 315 g/mol. The number of nitrogens with zero attached hydrogens (tertiary/aromatic N) is 1. The van der Waals surface area contributed by atoms with Gasteiger partial charge in [-0.05, 0) is 48.4 Å². The first-order valence-corrected chi connectivity index (χ1v) is 7.47. The second-order valence-electron chi connectivity index (χ2n) is 5.65. The number of hydrogen-bond acceptors (Lipinski definition) is 3. The molecule has 0 spiro atoms. The molecule has 1 heterocycles. The Morgan fingerprint density at radius 1 is 1.26 bits per heavy atom. The van der Waals surface area contributed by atoms with E-state index in [-0.39, 0.29) is 24.3 Å². The van der Waals surface area contributed by atoms with E-state index in [0.717, 1.165) is 0 Å². The molecule has 1 aliphatic rings. The summed E-state index contributed by atoms with van der Waals surface area (Å²) in [6.07, 6.45) is -0.198. The molecule has 3 rings (SSSR count). The summed E-state index contributed by atoms with van der Waals surface area (Å²) in [5.74, 6) is 0.142. The number of β-amino-alcohol motifs (C(OH)–C–C–N with tert-alkyl or cyclic N) is 1. The summed E-state index contributed by atoms with van der Waals surface area (Å²) < 4.78 is 18.6. The lowest BCUT2D eigenvalue weighted by atomic mass is 10.0. The topological polar surface area (TPSA) is 49.8 Å². The van der Waals surface area contributed by atoms with E-state index < -0.39 is 6.10 Å². The molecule has 0 bridgehead atoms. The molecule has 120 valence electrons. The Morgan fingerprint density at radius 2 is 2.00 bits per heavy atom. The first-order valence-electron chi connectivity index (χ1n) is 7.47. The number of halogens is 1. The quantitative estimate of drug-likeness (QED) is 0.947. The maximum atomic E-state index is 13.5. The number of carbonyl (C=O) groups is 1. The van der Waals surface area contributed by atoms with Gasteiger partial charge < -0.3 is 14.7 Å². The number of carbonyl (C=O) groups excluding carboxylic acids is 1. The maximum Gasteiger partial charge on any atom is 0.254 e. The van der Waals surface area contributed by atoms with Gasteiger partial charge in [0, 0.05) is 12.1 Å². The van der Waals surface area contributed by atoms with Gasteiger partial charge in [-0.3, -0.25) is 4.79 Å². The van der Waals surface area contributed by atoms with Gasteiger partial charge in [0.1, 0.15) is 11.6 Å². The summed E-state index contributed by atoms with van der Waals surface area (Å²) in [7, 11) is 1.56. The zero-order chi connectivity index (χ0) is 16.4. The average Bonchev–Trinajstić information content (AvgIpc) is 2.96. The fourth-order valence-electron chi connectivity index (χ4n) is 2.97. The van der Waals surface area contributed by atoms with E-state index in [1.54, 1.807) is 48.4 Å². The Hall–Kier alpha value is -2.40. The number of aliphatic hydroxyl groups is 1. The first-order chi connectivity index (χ1) is 11.1. The van der Waals surface area contributed by atoms with Gasteiger partial charge in [0.2, 0.25) is 0 Å². The van der Waals surface area contributed by atoms with Crippen LogP contribution in [0.3, 0.4) is 0 Å². The summed E-state index contributed by atoms with van der Waals surface area (Å²) in [6.45, 7) is 0.242. The molecular weight excluding hydrogens is 297 g/mol. The third kappa shape index (κ3) is 3.19. The summed E-state index contributed by atoms with van der Waals surface area (Å²) in [5.41, 5.74) is 1.21. The van der Waals surface area contributed by atoms with Crippen LogP contribution < -0.4 is 4.74 Å². The third-order valence-electron chi connectivity index (χ3n) is 4.11. The molecule has 0 aliphatic carbocycles. The van der Waals surface area contributed by atoms with Gasteiger partial charge >= 0.3 is 0 Å². The number of rotatable bonds is 3. The molecule has 1 amide bonds. The number of hydrogen-bond donors (Lipinski definition) is 1. The van der Waals surface area contributed by atoms with Gasteiger partial charge in [0.05, 0.1) is 19.3 Å². The number of aliphatic hydroxyl groups excluding tert-OH is 1. The molecule has 5 heteroatoms. The van der Waals surface area contributed by atoms with Crippen molar-refractivity contribution in [3.63, 3.8) is 0 Å².